The number of carbonyl (C=O) groups is 1. The quantitative estimate of drug-likeness (QED) is 0.894. The summed E-state index contributed by atoms with van der Waals surface area (Å²) in [5, 5.41) is 18.4. The first-order valence-electron chi connectivity index (χ1n) is 7.86. The summed E-state index contributed by atoms with van der Waals surface area (Å²) >= 11 is 0. The zero-order valence-electron chi connectivity index (χ0n) is 14.0. The maximum Gasteiger partial charge on any atom is 0.333 e. The van der Waals surface area contributed by atoms with Gasteiger partial charge in [-0.3, -0.25) is 0 Å². The SMILES string of the molecule is Cc1ccc(S(=O)(=O)N2CC=C(C(=O)O)C2c2ccc(C#N)cc2)cc1. The molecule has 0 aromatic heterocycles. The summed E-state index contributed by atoms with van der Waals surface area (Å²) in [6.45, 7) is 1.83. The first kappa shape index (κ1) is 17.9. The van der Waals surface area contributed by atoms with Crippen LogP contribution in [0.25, 0.3) is 0 Å². The Balaban J connectivity index is 2.06. The van der Waals surface area contributed by atoms with Gasteiger partial charge in [-0.05, 0) is 36.8 Å². The van der Waals surface area contributed by atoms with Gasteiger partial charge in [0.05, 0.1) is 28.1 Å². The third-order valence-electron chi connectivity index (χ3n) is 4.30. The molecule has 1 atom stereocenters. The minimum atomic E-state index is -3.88. The van der Waals surface area contributed by atoms with Crippen LogP contribution in [0.2, 0.25) is 0 Å². The van der Waals surface area contributed by atoms with E-state index in [1.165, 1.54) is 22.5 Å². The van der Waals surface area contributed by atoms with Crippen LogP contribution < -0.4 is 0 Å². The van der Waals surface area contributed by atoms with Crippen molar-refractivity contribution >= 4 is 16.0 Å². The molecular formula is C19H16N2O4S. The Kier molecular flexibility index (Phi) is 4.64. The molecule has 0 radical (unpaired) electrons. The average molecular weight is 368 g/mol. The minimum absolute atomic E-state index is 0.00499. The second-order valence-corrected chi connectivity index (χ2v) is 7.88. The summed E-state index contributed by atoms with van der Waals surface area (Å²) in [5.41, 5.74) is 1.86. The lowest BCUT2D eigenvalue weighted by Gasteiger charge is -2.26. The summed E-state index contributed by atoms with van der Waals surface area (Å²) in [6, 6.07) is 13.7. The molecule has 0 amide bonds. The molecule has 3 rings (SSSR count). The first-order chi connectivity index (χ1) is 12.3. The maximum atomic E-state index is 13.1. The van der Waals surface area contributed by atoms with E-state index in [0.717, 1.165) is 5.56 Å². The lowest BCUT2D eigenvalue weighted by molar-refractivity contribution is -0.133. The van der Waals surface area contributed by atoms with Crippen molar-refractivity contribution < 1.29 is 18.3 Å². The van der Waals surface area contributed by atoms with Gasteiger partial charge in [-0.1, -0.05) is 35.9 Å². The van der Waals surface area contributed by atoms with Crippen molar-refractivity contribution in [3.8, 4) is 6.07 Å². The van der Waals surface area contributed by atoms with Gasteiger partial charge < -0.3 is 5.11 Å². The van der Waals surface area contributed by atoms with Crippen molar-refractivity contribution in [2.45, 2.75) is 17.9 Å². The van der Waals surface area contributed by atoms with Gasteiger partial charge in [-0.15, -0.1) is 0 Å². The van der Waals surface area contributed by atoms with Crippen LogP contribution in [-0.2, 0) is 14.8 Å². The summed E-state index contributed by atoms with van der Waals surface area (Å²) in [6.07, 6.45) is 1.41. The summed E-state index contributed by atoms with van der Waals surface area (Å²) < 4.78 is 27.3. The lowest BCUT2D eigenvalue weighted by Crippen LogP contribution is -2.33. The van der Waals surface area contributed by atoms with E-state index >= 15 is 0 Å². The monoisotopic (exact) mass is 368 g/mol. The summed E-state index contributed by atoms with van der Waals surface area (Å²) in [4.78, 5) is 11.7. The highest BCUT2D eigenvalue weighted by atomic mass is 32.2. The molecule has 1 heterocycles. The highest BCUT2D eigenvalue weighted by Crippen LogP contribution is 2.37. The second kappa shape index (κ2) is 6.75. The van der Waals surface area contributed by atoms with Crippen LogP contribution in [-0.4, -0.2) is 30.3 Å². The number of hydrogen-bond acceptors (Lipinski definition) is 4. The van der Waals surface area contributed by atoms with Crippen LogP contribution in [0, 0.1) is 18.3 Å². The molecule has 26 heavy (non-hydrogen) atoms. The van der Waals surface area contributed by atoms with E-state index in [4.69, 9.17) is 5.26 Å². The van der Waals surface area contributed by atoms with Crippen LogP contribution in [0.4, 0.5) is 0 Å². The first-order valence-corrected chi connectivity index (χ1v) is 9.30. The molecule has 0 aliphatic carbocycles. The molecule has 2 aromatic rings. The molecule has 1 unspecified atom stereocenters. The minimum Gasteiger partial charge on any atom is -0.478 e. The molecule has 0 spiro atoms. The third kappa shape index (κ3) is 3.12. The molecule has 0 fully saturated rings. The van der Waals surface area contributed by atoms with E-state index in [0.29, 0.717) is 11.1 Å². The smallest absolute Gasteiger partial charge is 0.333 e. The number of nitrogens with zero attached hydrogens (tertiary/aromatic N) is 2. The molecule has 1 N–H and O–H groups in total. The van der Waals surface area contributed by atoms with Crippen LogP contribution in [0.15, 0.2) is 65.1 Å². The molecule has 0 bridgehead atoms. The molecular weight excluding hydrogens is 352 g/mol. The van der Waals surface area contributed by atoms with Crippen molar-refractivity contribution in [2.24, 2.45) is 0 Å². The molecule has 132 valence electrons. The van der Waals surface area contributed by atoms with E-state index in [1.807, 2.05) is 13.0 Å². The van der Waals surface area contributed by atoms with E-state index in [1.54, 1.807) is 36.4 Å². The Morgan fingerprint density at radius 3 is 2.31 bits per heavy atom. The molecule has 1 aliphatic rings. The van der Waals surface area contributed by atoms with Gasteiger partial charge in [-0.25, -0.2) is 13.2 Å². The molecule has 2 aromatic carbocycles. The van der Waals surface area contributed by atoms with Gasteiger partial charge in [0.25, 0.3) is 0 Å². The standard InChI is InChI=1S/C19H16N2O4S/c1-13-2-8-16(9-3-13)26(24,25)21-11-10-17(19(22)23)18(21)15-6-4-14(12-20)5-7-15/h2-10,18H,11H2,1H3,(H,22,23). The summed E-state index contributed by atoms with van der Waals surface area (Å²) in [7, 11) is -3.88. The zero-order chi connectivity index (χ0) is 18.9. The molecule has 0 saturated carbocycles. The molecule has 1 aliphatic heterocycles. The molecule has 7 heteroatoms. The Morgan fingerprint density at radius 2 is 1.77 bits per heavy atom. The topological polar surface area (TPSA) is 98.5 Å². The van der Waals surface area contributed by atoms with Gasteiger partial charge in [0.2, 0.25) is 10.0 Å². The van der Waals surface area contributed by atoms with Gasteiger partial charge in [0.15, 0.2) is 0 Å². The van der Waals surface area contributed by atoms with Gasteiger partial charge in [0.1, 0.15) is 0 Å². The van der Waals surface area contributed by atoms with Crippen molar-refractivity contribution in [1.82, 2.24) is 4.31 Å². The normalized spacial score (nSPS) is 17.5. The van der Waals surface area contributed by atoms with E-state index < -0.39 is 22.0 Å². The molecule has 0 saturated heterocycles. The van der Waals surface area contributed by atoms with Gasteiger partial charge in [0, 0.05) is 6.54 Å². The predicted octanol–water partition coefficient (Wildman–Crippen LogP) is 2.62. The van der Waals surface area contributed by atoms with Crippen LogP contribution in [0.3, 0.4) is 0 Å². The number of benzene rings is 2. The Morgan fingerprint density at radius 1 is 1.15 bits per heavy atom. The Hall–Kier alpha value is -2.95. The number of sulfonamides is 1. The number of aryl methyl sites for hydroxylation is 1. The number of nitriles is 1. The van der Waals surface area contributed by atoms with Crippen molar-refractivity contribution in [3.05, 3.63) is 76.9 Å². The van der Waals surface area contributed by atoms with Crippen LogP contribution >= 0.6 is 0 Å². The second-order valence-electron chi connectivity index (χ2n) is 5.99. The predicted molar refractivity (Wildman–Crippen MR) is 94.7 cm³/mol. The highest BCUT2D eigenvalue weighted by molar-refractivity contribution is 7.89. The number of carboxylic acids is 1. The van der Waals surface area contributed by atoms with Crippen molar-refractivity contribution in [3.63, 3.8) is 0 Å². The number of rotatable bonds is 4. The summed E-state index contributed by atoms with van der Waals surface area (Å²) in [5.74, 6) is -1.17. The number of carboxylic acid groups (broad SMARTS) is 1. The zero-order valence-corrected chi connectivity index (χ0v) is 14.8. The fraction of sp³-hybridized carbons (Fsp3) is 0.158. The van der Waals surface area contributed by atoms with E-state index in [-0.39, 0.29) is 17.0 Å². The van der Waals surface area contributed by atoms with Crippen molar-refractivity contribution in [1.29, 1.82) is 5.26 Å². The average Bonchev–Trinajstić information content (AvgIpc) is 3.08. The van der Waals surface area contributed by atoms with E-state index in [2.05, 4.69) is 0 Å². The highest BCUT2D eigenvalue weighted by Gasteiger charge is 2.40. The van der Waals surface area contributed by atoms with Crippen molar-refractivity contribution in [2.75, 3.05) is 6.54 Å². The Labute approximate surface area is 151 Å². The number of hydrogen-bond donors (Lipinski definition) is 1. The number of aliphatic carboxylic acids is 1. The van der Waals surface area contributed by atoms with Crippen LogP contribution in [0.5, 0.6) is 0 Å². The molecule has 6 nitrogen and oxygen atoms in total. The fourth-order valence-corrected chi connectivity index (χ4v) is 4.47. The third-order valence-corrected chi connectivity index (χ3v) is 6.15. The maximum absolute atomic E-state index is 13.1. The van der Waals surface area contributed by atoms with E-state index in [9.17, 15) is 18.3 Å². The Bertz CT molecular complexity index is 1020. The van der Waals surface area contributed by atoms with Crippen LogP contribution in [0.1, 0.15) is 22.7 Å². The van der Waals surface area contributed by atoms with Gasteiger partial charge >= 0.3 is 5.97 Å². The fourth-order valence-electron chi connectivity index (χ4n) is 2.93. The lowest BCUT2D eigenvalue weighted by atomic mass is 10.00. The van der Waals surface area contributed by atoms with Gasteiger partial charge in [-0.2, -0.15) is 9.57 Å². The largest absolute Gasteiger partial charge is 0.478 e.